The van der Waals surface area contributed by atoms with Gasteiger partial charge < -0.3 is 31.1 Å². The molecule has 232 valence electrons. The third kappa shape index (κ3) is 4.54. The van der Waals surface area contributed by atoms with Crippen molar-refractivity contribution in [1.82, 2.24) is 14.7 Å². The van der Waals surface area contributed by atoms with E-state index in [1.807, 2.05) is 12.1 Å². The summed E-state index contributed by atoms with van der Waals surface area (Å²) in [5, 5.41) is 45.2. The zero-order valence-electron chi connectivity index (χ0n) is 25.1. The first-order chi connectivity index (χ1) is 20.8. The number of benzene rings is 2. The number of nitrogens with two attached hydrogens (primary N) is 1. The normalized spacial score (nSPS) is 27.8. The van der Waals surface area contributed by atoms with Crippen LogP contribution in [0.3, 0.4) is 0 Å². The predicted molar refractivity (Wildman–Crippen MR) is 162 cm³/mol. The van der Waals surface area contributed by atoms with Gasteiger partial charge in [-0.2, -0.15) is 0 Å². The predicted octanol–water partition coefficient (Wildman–Crippen LogP) is 1.38. The SMILES string of the molecule is CN1CCN(Cc2ccc(-c3ccc(O)c4c3C[C@H]3C[C@H]5C(N(C)C)C(=O)C(C(N)=O)=C(O)[C@@]5(O)C(=O)C3=C4O)cc2)CC1. The number of fused-ring (bicyclic) bond motifs is 3. The molecule has 3 aliphatic carbocycles. The number of aromatic hydroxyl groups is 1. The fourth-order valence-electron chi connectivity index (χ4n) is 7.57. The Balaban J connectivity index is 1.40. The lowest BCUT2D eigenvalue weighted by molar-refractivity contribution is -0.153. The molecule has 4 atom stereocenters. The minimum Gasteiger partial charge on any atom is -0.508 e. The van der Waals surface area contributed by atoms with Gasteiger partial charge >= 0.3 is 0 Å². The van der Waals surface area contributed by atoms with Gasteiger partial charge in [-0.3, -0.25) is 24.2 Å². The molecule has 1 heterocycles. The number of phenolic OH excluding ortho intramolecular Hbond substituents is 1. The number of nitrogens with zero attached hydrogens (tertiary/aromatic N) is 3. The Morgan fingerprint density at radius 1 is 1.02 bits per heavy atom. The molecule has 2 aromatic rings. The number of primary amides is 1. The van der Waals surface area contributed by atoms with E-state index in [0.29, 0.717) is 5.56 Å². The van der Waals surface area contributed by atoms with E-state index in [0.717, 1.165) is 43.9 Å². The van der Waals surface area contributed by atoms with Crippen LogP contribution >= 0.6 is 0 Å². The van der Waals surface area contributed by atoms with Crippen molar-refractivity contribution in [1.29, 1.82) is 0 Å². The second kappa shape index (κ2) is 10.8. The Morgan fingerprint density at radius 2 is 1.68 bits per heavy atom. The smallest absolute Gasteiger partial charge is 0.255 e. The Bertz CT molecular complexity index is 1620. The van der Waals surface area contributed by atoms with E-state index < -0.39 is 58.0 Å². The third-order valence-corrected chi connectivity index (χ3v) is 9.87. The molecule has 1 amide bonds. The summed E-state index contributed by atoms with van der Waals surface area (Å²) in [5.41, 5.74) is 5.31. The van der Waals surface area contributed by atoms with Gasteiger partial charge in [0.2, 0.25) is 5.78 Å². The molecule has 0 bridgehead atoms. The average Bonchev–Trinajstić information content (AvgIpc) is 2.96. The van der Waals surface area contributed by atoms with Crippen molar-refractivity contribution in [2.24, 2.45) is 17.6 Å². The van der Waals surface area contributed by atoms with Crippen LogP contribution in [0, 0.1) is 11.8 Å². The number of hydrogen-bond acceptors (Lipinski definition) is 10. The molecular formula is C33H38N4O7. The van der Waals surface area contributed by atoms with Gasteiger partial charge in [-0.1, -0.05) is 30.3 Å². The van der Waals surface area contributed by atoms with Gasteiger partial charge in [-0.25, -0.2) is 0 Å². The summed E-state index contributed by atoms with van der Waals surface area (Å²) in [6, 6.07) is 10.3. The summed E-state index contributed by atoms with van der Waals surface area (Å²) >= 11 is 0. The maximum absolute atomic E-state index is 14.0. The van der Waals surface area contributed by atoms with Crippen molar-refractivity contribution in [2.75, 3.05) is 47.3 Å². The van der Waals surface area contributed by atoms with Crippen LogP contribution in [-0.4, -0.2) is 112 Å². The Kier molecular flexibility index (Phi) is 7.40. The quantitative estimate of drug-likeness (QED) is 0.316. The Labute approximate surface area is 255 Å². The minimum atomic E-state index is -2.66. The van der Waals surface area contributed by atoms with Gasteiger partial charge in [0.15, 0.2) is 11.4 Å². The molecule has 1 saturated carbocycles. The van der Waals surface area contributed by atoms with Crippen LogP contribution < -0.4 is 5.73 Å². The van der Waals surface area contributed by atoms with Crippen LogP contribution in [0.25, 0.3) is 16.9 Å². The number of piperazine rings is 1. The zero-order valence-corrected chi connectivity index (χ0v) is 25.1. The number of amides is 1. The number of aliphatic hydroxyl groups excluding tert-OH is 2. The molecule has 11 nitrogen and oxygen atoms in total. The zero-order chi connectivity index (χ0) is 31.7. The Hall–Kier alpha value is -4.03. The molecule has 11 heteroatoms. The molecule has 0 aromatic heterocycles. The van der Waals surface area contributed by atoms with Gasteiger partial charge in [0.1, 0.15) is 22.8 Å². The van der Waals surface area contributed by atoms with Crippen LogP contribution in [0.5, 0.6) is 5.75 Å². The van der Waals surface area contributed by atoms with Crippen LogP contribution in [0.2, 0.25) is 0 Å². The van der Waals surface area contributed by atoms with E-state index in [1.165, 1.54) is 16.5 Å². The summed E-state index contributed by atoms with van der Waals surface area (Å²) in [6.07, 6.45) is 0.284. The number of ketones is 2. The summed E-state index contributed by atoms with van der Waals surface area (Å²) in [4.78, 5) is 45.8. The lowest BCUT2D eigenvalue weighted by Gasteiger charge is -2.50. The van der Waals surface area contributed by atoms with E-state index in [4.69, 9.17) is 5.73 Å². The molecule has 6 rings (SSSR count). The van der Waals surface area contributed by atoms with Crippen molar-refractivity contribution in [3.8, 4) is 16.9 Å². The first kappa shape index (κ1) is 30.0. The van der Waals surface area contributed by atoms with Crippen LogP contribution in [-0.2, 0) is 27.3 Å². The summed E-state index contributed by atoms with van der Waals surface area (Å²) in [7, 11) is 5.29. The second-order valence-corrected chi connectivity index (χ2v) is 12.7. The summed E-state index contributed by atoms with van der Waals surface area (Å²) in [6.45, 7) is 4.92. The molecule has 0 radical (unpaired) electrons. The maximum atomic E-state index is 14.0. The van der Waals surface area contributed by atoms with Crippen molar-refractivity contribution < 1.29 is 34.8 Å². The highest BCUT2D eigenvalue weighted by molar-refractivity contribution is 6.24. The lowest BCUT2D eigenvalue weighted by atomic mass is 9.57. The first-order valence-corrected chi connectivity index (χ1v) is 14.8. The number of carbonyl (C=O) groups is 3. The minimum absolute atomic E-state index is 0.0464. The third-order valence-electron chi connectivity index (χ3n) is 9.87. The van der Waals surface area contributed by atoms with Crippen molar-refractivity contribution in [3.63, 3.8) is 0 Å². The van der Waals surface area contributed by atoms with E-state index in [2.05, 4.69) is 29.0 Å². The molecule has 1 aliphatic heterocycles. The number of likely N-dealkylation sites (N-methyl/N-ethyl adjacent to an activating group) is 2. The molecule has 4 aliphatic rings. The average molecular weight is 603 g/mol. The molecule has 6 N–H and O–H groups in total. The molecular weight excluding hydrogens is 564 g/mol. The standard InChI is InChI=1S/C33H38N4O7/c1-35(2)27-22-15-19-14-21-20(18-6-4-17(5-7-18)16-37-12-10-36(3)11-13-37)8-9-23(38)25(21)28(39)24(19)30(41)33(22,44)31(42)26(29(27)40)32(34)43/h4-9,19,22,27,38-39,42,44H,10-16H2,1-3H3,(H2,34,43)/t19-,22-,27?,33-/m0/s1. The maximum Gasteiger partial charge on any atom is 0.255 e. The summed E-state index contributed by atoms with van der Waals surface area (Å²) in [5.74, 6) is -6.61. The van der Waals surface area contributed by atoms with Crippen molar-refractivity contribution in [3.05, 3.63) is 70.0 Å². The molecule has 2 fully saturated rings. The highest BCUT2D eigenvalue weighted by Gasteiger charge is 2.64. The van der Waals surface area contributed by atoms with Crippen molar-refractivity contribution >= 4 is 23.2 Å². The number of aliphatic hydroxyl groups is 3. The number of phenols is 1. The van der Waals surface area contributed by atoms with Gasteiger partial charge in [-0.05, 0) is 68.2 Å². The van der Waals surface area contributed by atoms with E-state index in [1.54, 1.807) is 20.2 Å². The fourth-order valence-corrected chi connectivity index (χ4v) is 7.57. The number of carbonyl (C=O) groups excluding carboxylic acids is 3. The lowest BCUT2D eigenvalue weighted by Crippen LogP contribution is -2.65. The first-order valence-electron chi connectivity index (χ1n) is 14.8. The van der Waals surface area contributed by atoms with Crippen LogP contribution in [0.1, 0.15) is 23.1 Å². The second-order valence-electron chi connectivity index (χ2n) is 12.7. The van der Waals surface area contributed by atoms with E-state index in [9.17, 15) is 34.8 Å². The van der Waals surface area contributed by atoms with Crippen molar-refractivity contribution in [2.45, 2.75) is 31.0 Å². The van der Waals surface area contributed by atoms with Gasteiger partial charge in [-0.15, -0.1) is 0 Å². The highest BCUT2D eigenvalue weighted by Crippen LogP contribution is 2.53. The number of Topliss-reactive ketones (excluding diaryl/α,β-unsaturated/α-hetero) is 2. The molecule has 2 aromatic carbocycles. The number of hydrogen-bond donors (Lipinski definition) is 5. The Morgan fingerprint density at radius 3 is 2.30 bits per heavy atom. The van der Waals surface area contributed by atoms with Crippen LogP contribution in [0.4, 0.5) is 0 Å². The monoisotopic (exact) mass is 602 g/mol. The number of rotatable bonds is 5. The molecule has 44 heavy (non-hydrogen) atoms. The van der Waals surface area contributed by atoms with Gasteiger partial charge in [0.05, 0.1) is 11.6 Å². The van der Waals surface area contributed by atoms with E-state index >= 15 is 0 Å². The van der Waals surface area contributed by atoms with E-state index in [-0.39, 0.29) is 29.7 Å². The summed E-state index contributed by atoms with van der Waals surface area (Å²) < 4.78 is 0. The van der Waals surface area contributed by atoms with Gasteiger partial charge in [0, 0.05) is 44.2 Å². The molecule has 0 spiro atoms. The molecule has 1 saturated heterocycles. The topological polar surface area (TPSA) is 168 Å². The molecule has 1 unspecified atom stereocenters. The fraction of sp³-hybridized carbons (Fsp3) is 0.424. The largest absolute Gasteiger partial charge is 0.508 e. The van der Waals surface area contributed by atoms with Gasteiger partial charge in [0.25, 0.3) is 5.91 Å². The van der Waals surface area contributed by atoms with Crippen LogP contribution in [0.15, 0.2) is 53.3 Å². The highest BCUT2D eigenvalue weighted by atomic mass is 16.3.